The Hall–Kier alpha value is -1.03. The number of sulfonamides is 1. The van der Waals surface area contributed by atoms with Crippen molar-refractivity contribution in [3.8, 4) is 0 Å². The van der Waals surface area contributed by atoms with Crippen LogP contribution in [-0.4, -0.2) is 14.7 Å². The molecule has 0 unspecified atom stereocenters. The van der Waals surface area contributed by atoms with Crippen molar-refractivity contribution in [2.24, 2.45) is 0 Å². The maximum absolute atomic E-state index is 10.7. The minimum absolute atomic E-state index is 0.561. The van der Waals surface area contributed by atoms with E-state index in [2.05, 4.69) is 10.8 Å². The molecule has 1 radical (unpaired) electrons. The fourth-order valence-electron chi connectivity index (χ4n) is 0.669. The number of nitrogens with one attached hydrogen (secondary N) is 1. The van der Waals surface area contributed by atoms with Crippen LogP contribution in [0.2, 0.25) is 0 Å². The van der Waals surface area contributed by atoms with E-state index in [1.807, 2.05) is 0 Å². The van der Waals surface area contributed by atoms with E-state index in [-0.39, 0.29) is 0 Å². The summed E-state index contributed by atoms with van der Waals surface area (Å²) in [4.78, 5) is 0. The van der Waals surface area contributed by atoms with Gasteiger partial charge in [0, 0.05) is 5.69 Å². The molecular weight excluding hydrogens is 162 g/mol. The third-order valence-electron chi connectivity index (χ3n) is 1.02. The normalized spacial score (nSPS) is 11.0. The van der Waals surface area contributed by atoms with E-state index < -0.39 is 10.0 Å². The first-order valence-electron chi connectivity index (χ1n) is 3.02. The minimum Gasteiger partial charge on any atom is -0.284 e. The standard InChI is InChI=1S/C7H8NO2S/c1-11(9,10)8-7-5-3-2-4-6-7/h3-6,8H,1H3. The Morgan fingerprint density at radius 3 is 2.36 bits per heavy atom. The zero-order valence-electron chi connectivity index (χ0n) is 6.03. The number of benzene rings is 1. The van der Waals surface area contributed by atoms with Gasteiger partial charge in [0.25, 0.3) is 0 Å². The summed E-state index contributed by atoms with van der Waals surface area (Å²) in [5.74, 6) is 0. The summed E-state index contributed by atoms with van der Waals surface area (Å²) in [7, 11) is -3.14. The zero-order chi connectivity index (χ0) is 8.32. The van der Waals surface area contributed by atoms with Crippen LogP contribution in [0.1, 0.15) is 0 Å². The number of anilines is 1. The van der Waals surface area contributed by atoms with Crippen LogP contribution in [0.5, 0.6) is 0 Å². The van der Waals surface area contributed by atoms with E-state index in [4.69, 9.17) is 0 Å². The van der Waals surface area contributed by atoms with E-state index in [1.54, 1.807) is 24.3 Å². The molecule has 3 nitrogen and oxygen atoms in total. The van der Waals surface area contributed by atoms with Crippen LogP contribution in [0, 0.1) is 6.07 Å². The van der Waals surface area contributed by atoms with Gasteiger partial charge in [-0.2, -0.15) is 0 Å². The molecule has 1 aromatic rings. The van der Waals surface area contributed by atoms with Gasteiger partial charge in [-0.15, -0.1) is 0 Å². The third kappa shape index (κ3) is 3.04. The summed E-state index contributed by atoms with van der Waals surface area (Å²) in [5.41, 5.74) is 0.561. The van der Waals surface area contributed by atoms with Gasteiger partial charge in [-0.3, -0.25) is 4.72 Å². The van der Waals surface area contributed by atoms with Crippen LogP contribution in [0.15, 0.2) is 24.3 Å². The van der Waals surface area contributed by atoms with Crippen molar-refractivity contribution in [3.05, 3.63) is 30.3 Å². The molecule has 0 spiro atoms. The number of hydrogen-bond donors (Lipinski definition) is 1. The molecule has 0 aliphatic heterocycles. The van der Waals surface area contributed by atoms with Crippen molar-refractivity contribution in [1.29, 1.82) is 0 Å². The second-order valence-electron chi connectivity index (χ2n) is 2.16. The SMILES string of the molecule is CS(=O)(=O)Nc1cc[c]cc1. The maximum atomic E-state index is 10.7. The predicted octanol–water partition coefficient (Wildman–Crippen LogP) is 0.858. The van der Waals surface area contributed by atoms with Crippen LogP contribution >= 0.6 is 0 Å². The van der Waals surface area contributed by atoms with Crippen LogP contribution in [0.25, 0.3) is 0 Å². The molecule has 1 N–H and O–H groups in total. The first kappa shape index (κ1) is 8.07. The number of rotatable bonds is 2. The lowest BCUT2D eigenvalue weighted by atomic mass is 10.3. The predicted molar refractivity (Wildman–Crippen MR) is 43.7 cm³/mol. The molecule has 59 valence electrons. The molecule has 0 amide bonds. The molecular formula is C7H8NO2S. The highest BCUT2D eigenvalue weighted by Gasteiger charge is 1.98. The molecule has 0 aliphatic carbocycles. The van der Waals surface area contributed by atoms with Crippen LogP contribution in [-0.2, 0) is 10.0 Å². The summed E-state index contributed by atoms with van der Waals surface area (Å²) in [6.07, 6.45) is 1.11. The maximum Gasteiger partial charge on any atom is 0.229 e. The smallest absolute Gasteiger partial charge is 0.229 e. The van der Waals surface area contributed by atoms with Gasteiger partial charge in [-0.1, -0.05) is 12.1 Å². The topological polar surface area (TPSA) is 46.2 Å². The van der Waals surface area contributed by atoms with Gasteiger partial charge in [0.2, 0.25) is 10.0 Å². The molecule has 0 atom stereocenters. The first-order valence-corrected chi connectivity index (χ1v) is 4.91. The lowest BCUT2D eigenvalue weighted by Crippen LogP contribution is -2.08. The minimum atomic E-state index is -3.14. The molecule has 11 heavy (non-hydrogen) atoms. The molecule has 0 heterocycles. The molecule has 0 bridgehead atoms. The van der Waals surface area contributed by atoms with Crippen LogP contribution < -0.4 is 4.72 Å². The Morgan fingerprint density at radius 1 is 1.36 bits per heavy atom. The van der Waals surface area contributed by atoms with Gasteiger partial charge in [0.1, 0.15) is 0 Å². The quantitative estimate of drug-likeness (QED) is 0.715. The van der Waals surface area contributed by atoms with Crippen molar-refractivity contribution in [2.75, 3.05) is 11.0 Å². The summed E-state index contributed by atoms with van der Waals surface area (Å²) in [6.45, 7) is 0. The average Bonchev–Trinajstić information content (AvgIpc) is 1.85. The van der Waals surface area contributed by atoms with Crippen LogP contribution in [0.4, 0.5) is 5.69 Å². The van der Waals surface area contributed by atoms with Crippen molar-refractivity contribution < 1.29 is 8.42 Å². The highest BCUT2D eigenvalue weighted by molar-refractivity contribution is 7.92. The van der Waals surface area contributed by atoms with Crippen molar-refractivity contribution in [2.45, 2.75) is 0 Å². The summed E-state index contributed by atoms with van der Waals surface area (Å²) in [6, 6.07) is 9.36. The van der Waals surface area contributed by atoms with Gasteiger partial charge >= 0.3 is 0 Å². The molecule has 0 saturated carbocycles. The van der Waals surface area contributed by atoms with Crippen molar-refractivity contribution >= 4 is 15.7 Å². The van der Waals surface area contributed by atoms with E-state index in [1.165, 1.54) is 0 Å². The van der Waals surface area contributed by atoms with E-state index in [0.29, 0.717) is 5.69 Å². The second kappa shape index (κ2) is 2.92. The van der Waals surface area contributed by atoms with E-state index in [9.17, 15) is 8.42 Å². The largest absolute Gasteiger partial charge is 0.284 e. The second-order valence-corrected chi connectivity index (χ2v) is 3.91. The summed E-state index contributed by atoms with van der Waals surface area (Å²) >= 11 is 0. The third-order valence-corrected chi connectivity index (χ3v) is 1.63. The Balaban J connectivity index is 2.82. The molecule has 0 saturated heterocycles. The fourth-order valence-corrected chi connectivity index (χ4v) is 1.23. The Bertz CT molecular complexity index is 318. The fraction of sp³-hybridized carbons (Fsp3) is 0.143. The first-order chi connectivity index (χ1) is 5.08. The van der Waals surface area contributed by atoms with E-state index in [0.717, 1.165) is 6.26 Å². The molecule has 0 aliphatic rings. The van der Waals surface area contributed by atoms with Gasteiger partial charge in [0.15, 0.2) is 0 Å². The van der Waals surface area contributed by atoms with Gasteiger partial charge in [-0.25, -0.2) is 8.42 Å². The number of hydrogen-bond acceptors (Lipinski definition) is 2. The average molecular weight is 170 g/mol. The van der Waals surface area contributed by atoms with Gasteiger partial charge in [-0.05, 0) is 18.2 Å². The lowest BCUT2D eigenvalue weighted by Gasteiger charge is -2.00. The van der Waals surface area contributed by atoms with Gasteiger partial charge < -0.3 is 0 Å². The monoisotopic (exact) mass is 170 g/mol. The Morgan fingerprint density at radius 2 is 1.91 bits per heavy atom. The Kier molecular flexibility index (Phi) is 2.14. The molecule has 4 heteroatoms. The molecule has 0 aromatic heterocycles. The van der Waals surface area contributed by atoms with Crippen molar-refractivity contribution in [3.63, 3.8) is 0 Å². The molecule has 1 rings (SSSR count). The molecule has 0 fully saturated rings. The van der Waals surface area contributed by atoms with Crippen molar-refractivity contribution in [1.82, 2.24) is 0 Å². The Labute approximate surface area is 66.1 Å². The van der Waals surface area contributed by atoms with Gasteiger partial charge in [0.05, 0.1) is 6.26 Å². The summed E-state index contributed by atoms with van der Waals surface area (Å²) < 4.78 is 23.7. The zero-order valence-corrected chi connectivity index (χ0v) is 6.85. The van der Waals surface area contributed by atoms with Crippen LogP contribution in [0.3, 0.4) is 0 Å². The molecule has 1 aromatic carbocycles. The highest BCUT2D eigenvalue weighted by Crippen LogP contribution is 2.05. The van der Waals surface area contributed by atoms with E-state index >= 15 is 0 Å². The lowest BCUT2D eigenvalue weighted by molar-refractivity contribution is 0.607. The highest BCUT2D eigenvalue weighted by atomic mass is 32.2. The summed E-state index contributed by atoms with van der Waals surface area (Å²) in [5, 5.41) is 0.